The van der Waals surface area contributed by atoms with Gasteiger partial charge in [-0.15, -0.1) is 11.3 Å². The second kappa shape index (κ2) is 6.88. The van der Waals surface area contributed by atoms with E-state index in [1.54, 1.807) is 11.3 Å². The summed E-state index contributed by atoms with van der Waals surface area (Å²) in [7, 11) is 0. The van der Waals surface area contributed by atoms with Gasteiger partial charge < -0.3 is 10.5 Å². The quantitative estimate of drug-likeness (QED) is 0.751. The van der Waals surface area contributed by atoms with Gasteiger partial charge in [0.1, 0.15) is 5.75 Å². The van der Waals surface area contributed by atoms with E-state index in [0.717, 1.165) is 37.5 Å². The Morgan fingerprint density at radius 3 is 2.74 bits per heavy atom. The number of benzene rings is 1. The van der Waals surface area contributed by atoms with Crippen molar-refractivity contribution in [1.29, 1.82) is 0 Å². The number of hydrogen-bond donors (Lipinski definition) is 1. The van der Waals surface area contributed by atoms with E-state index >= 15 is 0 Å². The first kappa shape index (κ1) is 15.0. The second-order valence-electron chi connectivity index (χ2n) is 4.17. The van der Waals surface area contributed by atoms with Crippen molar-refractivity contribution >= 4 is 43.2 Å². The van der Waals surface area contributed by atoms with E-state index in [4.69, 9.17) is 10.5 Å². The molecule has 2 nitrogen and oxygen atoms in total. The topological polar surface area (TPSA) is 35.2 Å². The van der Waals surface area contributed by atoms with Gasteiger partial charge in [-0.2, -0.15) is 0 Å². The molecule has 2 aromatic rings. The summed E-state index contributed by atoms with van der Waals surface area (Å²) in [5.41, 5.74) is 7.37. The maximum Gasteiger partial charge on any atom is 0.119 e. The highest BCUT2D eigenvalue weighted by molar-refractivity contribution is 9.13. The van der Waals surface area contributed by atoms with E-state index in [9.17, 15) is 0 Å². The molecule has 5 heteroatoms. The largest absolute Gasteiger partial charge is 0.494 e. The summed E-state index contributed by atoms with van der Waals surface area (Å²) in [6.45, 7) is 2.82. The van der Waals surface area contributed by atoms with Gasteiger partial charge in [-0.1, -0.05) is 19.1 Å². The predicted molar refractivity (Wildman–Crippen MR) is 88.0 cm³/mol. The zero-order valence-corrected chi connectivity index (χ0v) is 14.5. The van der Waals surface area contributed by atoms with E-state index in [-0.39, 0.29) is 6.04 Å². The van der Waals surface area contributed by atoms with Crippen molar-refractivity contribution in [3.05, 3.63) is 49.0 Å². The highest BCUT2D eigenvalue weighted by Gasteiger charge is 2.14. The Morgan fingerprint density at radius 1 is 1.32 bits per heavy atom. The molecule has 2 N–H and O–H groups in total. The van der Waals surface area contributed by atoms with Crippen LogP contribution in [0.25, 0.3) is 0 Å². The van der Waals surface area contributed by atoms with Gasteiger partial charge in [-0.05, 0) is 62.0 Å². The molecular weight excluding hydrogens is 390 g/mol. The van der Waals surface area contributed by atoms with Gasteiger partial charge >= 0.3 is 0 Å². The van der Waals surface area contributed by atoms with Crippen LogP contribution in [0.4, 0.5) is 0 Å². The standard InChI is InChI=1S/C14H15Br2NOS/c1-2-6-18-10-5-3-4-9(7-10)13(17)12-8-11(15)14(16)19-12/h3-5,7-8,13H,2,6,17H2,1H3. The fraction of sp³-hybridized carbons (Fsp3) is 0.286. The second-order valence-corrected chi connectivity index (χ2v) is 7.43. The molecule has 0 aliphatic rings. The molecule has 19 heavy (non-hydrogen) atoms. The summed E-state index contributed by atoms with van der Waals surface area (Å²) in [5, 5.41) is 0. The molecule has 0 spiro atoms. The zero-order valence-electron chi connectivity index (χ0n) is 10.5. The Labute approximate surface area is 134 Å². The number of hydrogen-bond acceptors (Lipinski definition) is 3. The fourth-order valence-corrected chi connectivity index (χ4v) is 3.82. The van der Waals surface area contributed by atoms with Crippen molar-refractivity contribution in [3.8, 4) is 5.75 Å². The van der Waals surface area contributed by atoms with Crippen LogP contribution in [0.15, 0.2) is 38.6 Å². The van der Waals surface area contributed by atoms with Gasteiger partial charge in [-0.3, -0.25) is 0 Å². The van der Waals surface area contributed by atoms with Gasteiger partial charge in [0.05, 0.1) is 16.4 Å². The fourth-order valence-electron chi connectivity index (χ4n) is 1.70. The molecule has 0 saturated heterocycles. The molecule has 2 rings (SSSR count). The van der Waals surface area contributed by atoms with Crippen LogP contribution in [-0.2, 0) is 0 Å². The average molecular weight is 405 g/mol. The van der Waals surface area contributed by atoms with Crippen LogP contribution < -0.4 is 10.5 Å². The van der Waals surface area contributed by atoms with E-state index in [1.807, 2.05) is 24.3 Å². The van der Waals surface area contributed by atoms with Crippen LogP contribution in [0.5, 0.6) is 5.75 Å². The highest BCUT2D eigenvalue weighted by atomic mass is 79.9. The lowest BCUT2D eigenvalue weighted by atomic mass is 10.1. The maximum absolute atomic E-state index is 6.31. The molecule has 0 amide bonds. The lowest BCUT2D eigenvalue weighted by Crippen LogP contribution is -2.10. The van der Waals surface area contributed by atoms with Gasteiger partial charge in [-0.25, -0.2) is 0 Å². The number of thiophene rings is 1. The van der Waals surface area contributed by atoms with Crippen LogP contribution in [0.1, 0.15) is 29.8 Å². The lowest BCUT2D eigenvalue weighted by Gasteiger charge is -2.12. The SMILES string of the molecule is CCCOc1cccc(C(N)c2cc(Br)c(Br)s2)c1. The van der Waals surface area contributed by atoms with E-state index in [1.165, 1.54) is 0 Å². The van der Waals surface area contributed by atoms with Crippen LogP contribution >= 0.6 is 43.2 Å². The molecule has 1 aromatic heterocycles. The normalized spacial score (nSPS) is 12.4. The maximum atomic E-state index is 6.31. The first-order valence-corrected chi connectivity index (χ1v) is 8.45. The number of halogens is 2. The molecule has 0 bridgehead atoms. The summed E-state index contributed by atoms with van der Waals surface area (Å²) in [6, 6.07) is 9.92. The molecule has 0 radical (unpaired) electrons. The summed E-state index contributed by atoms with van der Waals surface area (Å²) in [5.74, 6) is 0.879. The average Bonchev–Trinajstić information content (AvgIpc) is 2.76. The number of nitrogens with two attached hydrogens (primary N) is 1. The Hall–Kier alpha value is -0.360. The zero-order chi connectivity index (χ0) is 13.8. The molecule has 0 aliphatic carbocycles. The van der Waals surface area contributed by atoms with E-state index in [2.05, 4.69) is 44.8 Å². The van der Waals surface area contributed by atoms with Crippen LogP contribution in [0.3, 0.4) is 0 Å². The minimum atomic E-state index is -0.127. The third kappa shape index (κ3) is 3.81. The molecule has 102 valence electrons. The highest BCUT2D eigenvalue weighted by Crippen LogP contribution is 2.37. The first-order valence-electron chi connectivity index (χ1n) is 6.05. The molecule has 0 fully saturated rings. The summed E-state index contributed by atoms with van der Waals surface area (Å²) in [6.07, 6.45) is 1.00. The number of ether oxygens (including phenoxy) is 1. The van der Waals surface area contributed by atoms with Crippen molar-refractivity contribution in [1.82, 2.24) is 0 Å². The van der Waals surface area contributed by atoms with Gasteiger partial charge in [0.25, 0.3) is 0 Å². The molecule has 0 saturated carbocycles. The van der Waals surface area contributed by atoms with Crippen LogP contribution in [-0.4, -0.2) is 6.61 Å². The van der Waals surface area contributed by atoms with E-state index < -0.39 is 0 Å². The van der Waals surface area contributed by atoms with Gasteiger partial charge in [0, 0.05) is 9.35 Å². The van der Waals surface area contributed by atoms with Crippen LogP contribution in [0.2, 0.25) is 0 Å². The molecule has 1 aromatic carbocycles. The Morgan fingerprint density at radius 2 is 2.11 bits per heavy atom. The van der Waals surface area contributed by atoms with Crippen molar-refractivity contribution in [2.24, 2.45) is 5.73 Å². The Balaban J connectivity index is 2.20. The third-order valence-electron chi connectivity index (χ3n) is 2.66. The molecular formula is C14H15Br2NOS. The minimum absolute atomic E-state index is 0.127. The summed E-state index contributed by atoms with van der Waals surface area (Å²) < 4.78 is 7.75. The monoisotopic (exact) mass is 403 g/mol. The number of rotatable bonds is 5. The van der Waals surface area contributed by atoms with Crippen molar-refractivity contribution in [2.45, 2.75) is 19.4 Å². The minimum Gasteiger partial charge on any atom is -0.494 e. The Kier molecular flexibility index (Phi) is 5.45. The first-order chi connectivity index (χ1) is 9.11. The Bertz CT molecular complexity index is 537. The van der Waals surface area contributed by atoms with E-state index in [0.29, 0.717) is 0 Å². The van der Waals surface area contributed by atoms with Crippen LogP contribution in [0, 0.1) is 0 Å². The van der Waals surface area contributed by atoms with Crippen molar-refractivity contribution in [3.63, 3.8) is 0 Å². The van der Waals surface area contributed by atoms with Gasteiger partial charge in [0.15, 0.2) is 0 Å². The molecule has 1 atom stereocenters. The predicted octanol–water partition coefficient (Wildman–Crippen LogP) is 5.11. The molecule has 1 unspecified atom stereocenters. The third-order valence-corrected chi connectivity index (χ3v) is 6.00. The summed E-state index contributed by atoms with van der Waals surface area (Å²) in [4.78, 5) is 1.12. The smallest absolute Gasteiger partial charge is 0.119 e. The molecule has 0 aliphatic heterocycles. The lowest BCUT2D eigenvalue weighted by molar-refractivity contribution is 0.317. The van der Waals surface area contributed by atoms with Gasteiger partial charge in [0.2, 0.25) is 0 Å². The van der Waals surface area contributed by atoms with Crippen molar-refractivity contribution in [2.75, 3.05) is 6.61 Å². The molecule has 1 heterocycles. The summed E-state index contributed by atoms with van der Waals surface area (Å²) >= 11 is 8.63. The van der Waals surface area contributed by atoms with Crippen molar-refractivity contribution < 1.29 is 4.74 Å².